The average Bonchev–Trinajstić information content (AvgIpc) is 3.16. The second kappa shape index (κ2) is 9.50. The Morgan fingerprint density at radius 3 is 2.48 bits per heavy atom. The maximum Gasteiger partial charge on any atom is 0.332 e. The predicted octanol–water partition coefficient (Wildman–Crippen LogP) is 2.91. The van der Waals surface area contributed by atoms with Crippen LogP contribution in [-0.4, -0.2) is 35.4 Å². The van der Waals surface area contributed by atoms with Gasteiger partial charge in [-0.25, -0.2) is 14.8 Å². The number of aromatic nitrogens is 5. The van der Waals surface area contributed by atoms with Crippen LogP contribution in [0.5, 0.6) is 0 Å². The highest BCUT2D eigenvalue weighted by atomic mass is 32.2. The van der Waals surface area contributed by atoms with Gasteiger partial charge in [-0.3, -0.25) is 18.7 Å². The highest BCUT2D eigenvalue weighted by molar-refractivity contribution is 8.00. The average molecular weight is 475 g/mol. The Hall–Kier alpha value is -2.95. The molecule has 178 valence electrons. The fraction of sp³-hybridized carbons (Fsp3) is 0.545. The van der Waals surface area contributed by atoms with Gasteiger partial charge in [-0.1, -0.05) is 57.5 Å². The van der Waals surface area contributed by atoms with Gasteiger partial charge in [0.2, 0.25) is 5.91 Å². The number of anilines is 1. The van der Waals surface area contributed by atoms with E-state index in [2.05, 4.69) is 15.5 Å². The van der Waals surface area contributed by atoms with Gasteiger partial charge >= 0.3 is 5.69 Å². The van der Waals surface area contributed by atoms with E-state index < -0.39 is 21.9 Å². The van der Waals surface area contributed by atoms with E-state index in [1.165, 1.54) is 23.4 Å². The van der Waals surface area contributed by atoms with E-state index in [0.717, 1.165) is 17.4 Å². The van der Waals surface area contributed by atoms with Gasteiger partial charge in [0.15, 0.2) is 11.5 Å². The number of carbonyl (C=O) groups is 1. The van der Waals surface area contributed by atoms with Crippen molar-refractivity contribution in [1.82, 2.24) is 24.3 Å². The van der Waals surface area contributed by atoms with E-state index in [0.29, 0.717) is 28.8 Å². The number of fused-ring (bicyclic) bond motifs is 1. The molecule has 1 atom stereocenters. The molecular formula is C22H30N6O4S. The van der Waals surface area contributed by atoms with Crippen molar-refractivity contribution in [3.05, 3.63) is 38.5 Å². The smallest absolute Gasteiger partial charge is 0.332 e. The van der Waals surface area contributed by atoms with Crippen LogP contribution in [-0.2, 0) is 24.3 Å². The summed E-state index contributed by atoms with van der Waals surface area (Å²) in [5.41, 5.74) is -1.13. The first-order valence-electron chi connectivity index (χ1n) is 10.8. The van der Waals surface area contributed by atoms with Crippen LogP contribution in [0.4, 0.5) is 5.82 Å². The van der Waals surface area contributed by atoms with Gasteiger partial charge in [-0.05, 0) is 13.3 Å². The van der Waals surface area contributed by atoms with Crippen LogP contribution in [0.1, 0.15) is 58.5 Å². The minimum atomic E-state index is -0.533. The molecule has 0 aliphatic heterocycles. The highest BCUT2D eigenvalue weighted by Gasteiger charge is 2.28. The number of aryl methyl sites for hydroxylation is 2. The van der Waals surface area contributed by atoms with Crippen molar-refractivity contribution in [3.63, 3.8) is 0 Å². The Balaban J connectivity index is 2.14. The Morgan fingerprint density at radius 2 is 1.91 bits per heavy atom. The maximum atomic E-state index is 13.1. The summed E-state index contributed by atoms with van der Waals surface area (Å²) in [5.74, 6) is 1.15. The standard InChI is InChI=1S/C22H30N6O4S/c1-8-9-10-13(17(29)23-14-11-12(2)32-26-14)33-18-15-16(24-20(25-18)22(3,4)5)27(6)21(31)28(7)19(15)30/h11,13H,8-10H2,1-7H3,(H,23,26,29). The molecule has 3 aromatic rings. The number of amides is 1. The largest absolute Gasteiger partial charge is 0.360 e. The third-order valence-corrected chi connectivity index (χ3v) is 6.44. The second-order valence-corrected chi connectivity index (χ2v) is 10.3. The van der Waals surface area contributed by atoms with Gasteiger partial charge < -0.3 is 9.84 Å². The molecule has 3 aromatic heterocycles. The summed E-state index contributed by atoms with van der Waals surface area (Å²) in [5, 5.41) is 6.70. The lowest BCUT2D eigenvalue weighted by Gasteiger charge is -2.21. The van der Waals surface area contributed by atoms with Crippen molar-refractivity contribution in [2.45, 2.75) is 69.6 Å². The van der Waals surface area contributed by atoms with Gasteiger partial charge in [0, 0.05) is 25.6 Å². The van der Waals surface area contributed by atoms with Crippen LogP contribution in [0, 0.1) is 6.92 Å². The predicted molar refractivity (Wildman–Crippen MR) is 128 cm³/mol. The third kappa shape index (κ3) is 5.18. The quantitative estimate of drug-likeness (QED) is 0.409. The Kier molecular flexibility index (Phi) is 7.11. The van der Waals surface area contributed by atoms with Gasteiger partial charge in [0.25, 0.3) is 5.56 Å². The number of hydrogen-bond acceptors (Lipinski definition) is 8. The highest BCUT2D eigenvalue weighted by Crippen LogP contribution is 2.32. The van der Waals surface area contributed by atoms with Crippen LogP contribution in [0.3, 0.4) is 0 Å². The molecule has 0 saturated heterocycles. The van der Waals surface area contributed by atoms with Crippen molar-refractivity contribution in [2.75, 3.05) is 5.32 Å². The minimum absolute atomic E-state index is 0.226. The first kappa shape index (κ1) is 24.7. The molecule has 0 bridgehead atoms. The fourth-order valence-corrected chi connectivity index (χ4v) is 4.41. The lowest BCUT2D eigenvalue weighted by atomic mass is 9.96. The zero-order valence-electron chi connectivity index (χ0n) is 20.1. The number of nitrogens with zero attached hydrogens (tertiary/aromatic N) is 5. The van der Waals surface area contributed by atoms with Crippen molar-refractivity contribution < 1.29 is 9.32 Å². The summed E-state index contributed by atoms with van der Waals surface area (Å²) >= 11 is 1.21. The number of carbonyl (C=O) groups excluding carboxylic acids is 1. The molecule has 3 heterocycles. The number of rotatable bonds is 7. The molecule has 3 rings (SSSR count). The van der Waals surface area contributed by atoms with E-state index in [1.54, 1.807) is 20.0 Å². The lowest BCUT2D eigenvalue weighted by Crippen LogP contribution is -2.38. The van der Waals surface area contributed by atoms with Gasteiger partial charge in [0.1, 0.15) is 22.0 Å². The van der Waals surface area contributed by atoms with Crippen LogP contribution in [0.2, 0.25) is 0 Å². The van der Waals surface area contributed by atoms with Crippen LogP contribution in [0.25, 0.3) is 11.0 Å². The van der Waals surface area contributed by atoms with Gasteiger partial charge in [0.05, 0.1) is 5.25 Å². The molecule has 1 unspecified atom stereocenters. The molecular weight excluding hydrogens is 444 g/mol. The Morgan fingerprint density at radius 1 is 1.21 bits per heavy atom. The Labute approximate surface area is 195 Å². The van der Waals surface area contributed by atoms with E-state index in [1.807, 2.05) is 27.7 Å². The molecule has 1 N–H and O–H groups in total. The van der Waals surface area contributed by atoms with Crippen LogP contribution >= 0.6 is 11.8 Å². The fourth-order valence-electron chi connectivity index (χ4n) is 3.25. The molecule has 0 radical (unpaired) electrons. The van der Waals surface area contributed by atoms with Crippen molar-refractivity contribution >= 4 is 34.5 Å². The number of hydrogen-bond donors (Lipinski definition) is 1. The topological polar surface area (TPSA) is 125 Å². The number of unbranched alkanes of at least 4 members (excludes halogenated alkanes) is 1. The minimum Gasteiger partial charge on any atom is -0.360 e. The molecule has 10 nitrogen and oxygen atoms in total. The van der Waals surface area contributed by atoms with E-state index >= 15 is 0 Å². The molecule has 11 heteroatoms. The number of nitrogens with one attached hydrogen (secondary N) is 1. The third-order valence-electron chi connectivity index (χ3n) is 5.18. The zero-order chi connectivity index (χ0) is 24.5. The molecule has 0 aliphatic rings. The summed E-state index contributed by atoms with van der Waals surface area (Å²) in [6.45, 7) is 9.65. The van der Waals surface area contributed by atoms with Crippen molar-refractivity contribution in [2.24, 2.45) is 14.1 Å². The summed E-state index contributed by atoms with van der Waals surface area (Å²) in [4.78, 5) is 48.0. The summed E-state index contributed by atoms with van der Waals surface area (Å²) in [6, 6.07) is 1.64. The SMILES string of the molecule is CCCCC(Sc1nc(C(C)(C)C)nc2c1c(=O)n(C)c(=O)n2C)C(=O)Nc1cc(C)on1. The molecule has 1 amide bonds. The first-order valence-corrected chi connectivity index (χ1v) is 11.7. The summed E-state index contributed by atoms with van der Waals surface area (Å²) in [6.07, 6.45) is 2.29. The Bertz CT molecular complexity index is 1300. The van der Waals surface area contributed by atoms with Crippen molar-refractivity contribution in [3.8, 4) is 0 Å². The van der Waals surface area contributed by atoms with Crippen molar-refractivity contribution in [1.29, 1.82) is 0 Å². The zero-order valence-corrected chi connectivity index (χ0v) is 20.9. The lowest BCUT2D eigenvalue weighted by molar-refractivity contribution is -0.115. The van der Waals surface area contributed by atoms with E-state index in [-0.39, 0.29) is 16.9 Å². The summed E-state index contributed by atoms with van der Waals surface area (Å²) < 4.78 is 7.42. The van der Waals surface area contributed by atoms with Gasteiger partial charge in [-0.2, -0.15) is 0 Å². The molecule has 33 heavy (non-hydrogen) atoms. The monoisotopic (exact) mass is 474 g/mol. The second-order valence-electron chi connectivity index (χ2n) is 9.07. The molecule has 0 aliphatic carbocycles. The van der Waals surface area contributed by atoms with E-state index in [9.17, 15) is 14.4 Å². The maximum absolute atomic E-state index is 13.1. The van der Waals surface area contributed by atoms with E-state index in [4.69, 9.17) is 9.51 Å². The molecule has 0 saturated carbocycles. The first-order chi connectivity index (χ1) is 15.4. The normalized spacial score (nSPS) is 12.8. The molecule has 0 aromatic carbocycles. The number of thioether (sulfide) groups is 1. The molecule has 0 fully saturated rings. The molecule has 0 spiro atoms. The van der Waals surface area contributed by atoms with Crippen LogP contribution in [0.15, 0.2) is 25.2 Å². The van der Waals surface area contributed by atoms with Crippen LogP contribution < -0.4 is 16.6 Å². The van der Waals surface area contributed by atoms with Gasteiger partial charge in [-0.15, -0.1) is 0 Å². The summed E-state index contributed by atoms with van der Waals surface area (Å²) in [7, 11) is 3.00.